The van der Waals surface area contributed by atoms with Crippen LogP contribution in [0, 0.1) is 0 Å². The van der Waals surface area contributed by atoms with E-state index in [0.717, 1.165) is 37.0 Å². The van der Waals surface area contributed by atoms with E-state index in [2.05, 4.69) is 41.4 Å². The van der Waals surface area contributed by atoms with Gasteiger partial charge in [0.2, 0.25) is 4.96 Å². The zero-order valence-electron chi connectivity index (χ0n) is 13.3. The molecule has 0 saturated carbocycles. The van der Waals surface area contributed by atoms with E-state index in [9.17, 15) is 0 Å². The Balaban J connectivity index is 1.58. The summed E-state index contributed by atoms with van der Waals surface area (Å²) < 4.78 is 2.72. The van der Waals surface area contributed by atoms with Crippen molar-refractivity contribution in [1.29, 1.82) is 0 Å². The molecule has 0 unspecified atom stereocenters. The molecule has 0 aliphatic carbocycles. The topological polar surface area (TPSA) is 71.8 Å². The standard InChI is InChI=1S/C18H11BrN6S/c19-13-9-5-4-8-12(13)16-22-23-18-25(16)24-17(26-18)15-10-14(20-21-15)11-6-2-1-3-7-11/h1-10H,(H,20,21). The molecule has 0 atom stereocenters. The Morgan fingerprint density at radius 2 is 1.77 bits per heavy atom. The molecule has 1 N–H and O–H groups in total. The maximum Gasteiger partial charge on any atom is 0.235 e. The SMILES string of the molecule is Brc1ccccc1-c1nnc2sc(-c3cc(-c4ccccc4)n[nH]3)nn12. The quantitative estimate of drug-likeness (QED) is 0.458. The Labute approximate surface area is 160 Å². The van der Waals surface area contributed by atoms with Crippen molar-refractivity contribution in [2.24, 2.45) is 0 Å². The summed E-state index contributed by atoms with van der Waals surface area (Å²) in [5.41, 5.74) is 3.76. The summed E-state index contributed by atoms with van der Waals surface area (Å²) in [5.74, 6) is 0.706. The number of hydrogen-bond donors (Lipinski definition) is 1. The molecule has 3 heterocycles. The molecule has 0 aliphatic rings. The molecule has 5 aromatic rings. The lowest BCUT2D eigenvalue weighted by Crippen LogP contribution is -1.91. The van der Waals surface area contributed by atoms with E-state index in [0.29, 0.717) is 5.82 Å². The molecular weight excluding hydrogens is 412 g/mol. The van der Waals surface area contributed by atoms with E-state index in [-0.39, 0.29) is 0 Å². The summed E-state index contributed by atoms with van der Waals surface area (Å²) in [6.45, 7) is 0. The van der Waals surface area contributed by atoms with Gasteiger partial charge in [-0.2, -0.15) is 14.7 Å². The van der Waals surface area contributed by atoms with Gasteiger partial charge >= 0.3 is 0 Å². The zero-order chi connectivity index (χ0) is 17.5. The van der Waals surface area contributed by atoms with Crippen LogP contribution >= 0.6 is 27.3 Å². The van der Waals surface area contributed by atoms with Crippen molar-refractivity contribution in [3.8, 4) is 33.3 Å². The largest absolute Gasteiger partial charge is 0.275 e. The van der Waals surface area contributed by atoms with Crippen LogP contribution in [0.4, 0.5) is 0 Å². The number of hydrogen-bond acceptors (Lipinski definition) is 5. The van der Waals surface area contributed by atoms with Crippen molar-refractivity contribution in [2.45, 2.75) is 0 Å². The number of nitrogens with one attached hydrogen (secondary N) is 1. The van der Waals surface area contributed by atoms with Crippen molar-refractivity contribution in [2.75, 3.05) is 0 Å². The van der Waals surface area contributed by atoms with Crippen LogP contribution in [-0.4, -0.2) is 30.0 Å². The third-order valence-corrected chi connectivity index (χ3v) is 5.61. The van der Waals surface area contributed by atoms with Crippen LogP contribution in [0.25, 0.3) is 38.3 Å². The monoisotopic (exact) mass is 422 g/mol. The Kier molecular flexibility index (Phi) is 3.65. The van der Waals surface area contributed by atoms with E-state index in [1.54, 1.807) is 4.52 Å². The van der Waals surface area contributed by atoms with Gasteiger partial charge in [0.25, 0.3) is 0 Å². The minimum Gasteiger partial charge on any atom is -0.275 e. The van der Waals surface area contributed by atoms with E-state index < -0.39 is 0 Å². The molecule has 0 fully saturated rings. The van der Waals surface area contributed by atoms with Crippen LogP contribution in [0.2, 0.25) is 0 Å². The fourth-order valence-corrected chi connectivity index (χ4v) is 3.99. The molecule has 0 radical (unpaired) electrons. The number of halogens is 1. The third kappa shape index (κ3) is 2.54. The summed E-state index contributed by atoms with van der Waals surface area (Å²) in [4.78, 5) is 0.738. The molecule has 2 aromatic carbocycles. The van der Waals surface area contributed by atoms with Gasteiger partial charge in [0.1, 0.15) is 0 Å². The first-order valence-electron chi connectivity index (χ1n) is 7.88. The van der Waals surface area contributed by atoms with Crippen LogP contribution in [0.5, 0.6) is 0 Å². The second-order valence-corrected chi connectivity index (χ2v) is 7.45. The van der Waals surface area contributed by atoms with E-state index in [1.165, 1.54) is 11.3 Å². The lowest BCUT2D eigenvalue weighted by atomic mass is 10.1. The highest BCUT2D eigenvalue weighted by Crippen LogP contribution is 2.31. The van der Waals surface area contributed by atoms with Crippen molar-refractivity contribution < 1.29 is 0 Å². The van der Waals surface area contributed by atoms with Crippen LogP contribution in [0.3, 0.4) is 0 Å². The lowest BCUT2D eigenvalue weighted by Gasteiger charge is -1.99. The van der Waals surface area contributed by atoms with Crippen LogP contribution in [-0.2, 0) is 0 Å². The van der Waals surface area contributed by atoms with Gasteiger partial charge in [-0.25, -0.2) is 0 Å². The average Bonchev–Trinajstić information content (AvgIpc) is 3.38. The molecule has 126 valence electrons. The number of benzene rings is 2. The molecule has 0 saturated heterocycles. The van der Waals surface area contributed by atoms with Crippen LogP contribution in [0.1, 0.15) is 0 Å². The van der Waals surface area contributed by atoms with E-state index in [1.807, 2.05) is 60.7 Å². The predicted molar refractivity (Wildman–Crippen MR) is 105 cm³/mol. The van der Waals surface area contributed by atoms with Gasteiger partial charge in [0.15, 0.2) is 10.8 Å². The average molecular weight is 423 g/mol. The third-order valence-electron chi connectivity index (χ3n) is 3.98. The fraction of sp³-hybridized carbons (Fsp3) is 0. The van der Waals surface area contributed by atoms with Crippen molar-refractivity contribution in [3.63, 3.8) is 0 Å². The minimum atomic E-state index is 0.706. The molecule has 3 aromatic heterocycles. The molecule has 0 aliphatic heterocycles. The number of fused-ring (bicyclic) bond motifs is 1. The molecule has 5 rings (SSSR count). The van der Waals surface area contributed by atoms with Gasteiger partial charge < -0.3 is 0 Å². The second-order valence-electron chi connectivity index (χ2n) is 5.64. The fourth-order valence-electron chi connectivity index (χ4n) is 2.72. The highest BCUT2D eigenvalue weighted by atomic mass is 79.9. The first kappa shape index (κ1) is 15.4. The lowest BCUT2D eigenvalue weighted by molar-refractivity contribution is 0.963. The van der Waals surface area contributed by atoms with Gasteiger partial charge in [-0.15, -0.1) is 10.2 Å². The summed E-state index contributed by atoms with van der Waals surface area (Å²) in [6, 6.07) is 19.9. The summed E-state index contributed by atoms with van der Waals surface area (Å²) in [7, 11) is 0. The summed E-state index contributed by atoms with van der Waals surface area (Å²) in [5, 5.41) is 21.5. The Bertz CT molecular complexity index is 1210. The smallest absolute Gasteiger partial charge is 0.235 e. The number of aromatic nitrogens is 6. The van der Waals surface area contributed by atoms with Gasteiger partial charge in [-0.05, 0) is 18.2 Å². The highest BCUT2D eigenvalue weighted by molar-refractivity contribution is 9.10. The number of rotatable bonds is 3. The van der Waals surface area contributed by atoms with Crippen molar-refractivity contribution in [3.05, 3.63) is 65.1 Å². The van der Waals surface area contributed by atoms with Crippen LogP contribution < -0.4 is 0 Å². The molecule has 26 heavy (non-hydrogen) atoms. The highest BCUT2D eigenvalue weighted by Gasteiger charge is 2.17. The minimum absolute atomic E-state index is 0.706. The van der Waals surface area contributed by atoms with Crippen LogP contribution in [0.15, 0.2) is 65.1 Å². The Hall–Kier alpha value is -2.84. The molecular formula is C18H11BrN6S. The molecule has 0 bridgehead atoms. The number of aromatic amines is 1. The van der Waals surface area contributed by atoms with Crippen molar-refractivity contribution in [1.82, 2.24) is 30.0 Å². The first-order chi connectivity index (χ1) is 12.8. The predicted octanol–water partition coefficient (Wildman–Crippen LogP) is 4.67. The van der Waals surface area contributed by atoms with Gasteiger partial charge in [-0.1, -0.05) is 69.7 Å². The molecule has 0 spiro atoms. The van der Waals surface area contributed by atoms with Crippen molar-refractivity contribution >= 4 is 32.2 Å². The second kappa shape index (κ2) is 6.15. The molecule has 6 nitrogen and oxygen atoms in total. The van der Waals surface area contributed by atoms with Gasteiger partial charge in [0.05, 0.1) is 11.4 Å². The Morgan fingerprint density at radius 3 is 2.62 bits per heavy atom. The molecule has 8 heteroatoms. The summed E-state index contributed by atoms with van der Waals surface area (Å²) >= 11 is 5.03. The zero-order valence-corrected chi connectivity index (χ0v) is 15.7. The molecule has 0 amide bonds. The van der Waals surface area contributed by atoms with E-state index in [4.69, 9.17) is 0 Å². The maximum absolute atomic E-state index is 4.69. The maximum atomic E-state index is 4.69. The Morgan fingerprint density at radius 1 is 0.962 bits per heavy atom. The van der Waals surface area contributed by atoms with Gasteiger partial charge in [0, 0.05) is 15.6 Å². The van der Waals surface area contributed by atoms with E-state index >= 15 is 0 Å². The first-order valence-corrected chi connectivity index (χ1v) is 9.49. The normalized spacial score (nSPS) is 11.3. The number of H-pyrrole nitrogens is 1. The van der Waals surface area contributed by atoms with Gasteiger partial charge in [-0.3, -0.25) is 5.10 Å². The number of nitrogens with zero attached hydrogens (tertiary/aromatic N) is 5. The summed E-state index contributed by atoms with van der Waals surface area (Å²) in [6.07, 6.45) is 0.